The summed E-state index contributed by atoms with van der Waals surface area (Å²) >= 11 is 0. The maximum atomic E-state index is 12.8. The molecule has 5 heteroatoms. The average molecular weight is 275 g/mol. The number of likely N-dealkylation sites (N-methyl/N-ethyl adjacent to an activating group) is 1. The van der Waals surface area contributed by atoms with Gasteiger partial charge in [-0.15, -0.1) is 0 Å². The number of nitrogens with zero attached hydrogens (tertiary/aromatic N) is 3. The maximum absolute atomic E-state index is 12.8. The first-order valence-corrected chi connectivity index (χ1v) is 6.58. The lowest BCUT2D eigenvalue weighted by molar-refractivity contribution is -0.129. The van der Waals surface area contributed by atoms with Crippen LogP contribution in [0.3, 0.4) is 0 Å². The SMILES string of the molecule is CCn1cc(CN(C)C(=O)Cc2ccc(F)cc2)cn1. The third kappa shape index (κ3) is 3.66. The lowest BCUT2D eigenvalue weighted by Crippen LogP contribution is -2.27. The van der Waals surface area contributed by atoms with E-state index < -0.39 is 0 Å². The number of carbonyl (C=O) groups is 1. The normalized spacial score (nSPS) is 10.6. The molecule has 20 heavy (non-hydrogen) atoms. The Bertz CT molecular complexity index is 577. The second-order valence-corrected chi connectivity index (χ2v) is 4.76. The summed E-state index contributed by atoms with van der Waals surface area (Å²) in [5.41, 5.74) is 1.81. The Morgan fingerprint density at radius 1 is 1.30 bits per heavy atom. The van der Waals surface area contributed by atoms with E-state index in [1.54, 1.807) is 30.3 Å². The van der Waals surface area contributed by atoms with E-state index in [1.807, 2.05) is 17.8 Å². The molecule has 0 unspecified atom stereocenters. The van der Waals surface area contributed by atoms with E-state index in [0.717, 1.165) is 17.7 Å². The topological polar surface area (TPSA) is 38.1 Å². The van der Waals surface area contributed by atoms with Crippen molar-refractivity contribution in [3.8, 4) is 0 Å². The molecule has 0 N–H and O–H groups in total. The number of amides is 1. The highest BCUT2D eigenvalue weighted by Crippen LogP contribution is 2.07. The van der Waals surface area contributed by atoms with Crippen LogP contribution in [0.4, 0.5) is 4.39 Å². The predicted molar refractivity (Wildman–Crippen MR) is 74.5 cm³/mol. The van der Waals surface area contributed by atoms with Crippen LogP contribution in [0.25, 0.3) is 0 Å². The fourth-order valence-electron chi connectivity index (χ4n) is 1.93. The van der Waals surface area contributed by atoms with Crippen LogP contribution in [0.1, 0.15) is 18.1 Å². The fraction of sp³-hybridized carbons (Fsp3) is 0.333. The lowest BCUT2D eigenvalue weighted by atomic mass is 10.1. The molecule has 0 bridgehead atoms. The monoisotopic (exact) mass is 275 g/mol. The number of hydrogen-bond acceptors (Lipinski definition) is 2. The fourth-order valence-corrected chi connectivity index (χ4v) is 1.93. The number of carbonyl (C=O) groups excluding carboxylic acids is 1. The summed E-state index contributed by atoms with van der Waals surface area (Å²) in [6.07, 6.45) is 3.98. The van der Waals surface area contributed by atoms with Crippen LogP contribution in [0.2, 0.25) is 0 Å². The van der Waals surface area contributed by atoms with Crippen molar-refractivity contribution in [2.24, 2.45) is 0 Å². The first-order valence-electron chi connectivity index (χ1n) is 6.58. The van der Waals surface area contributed by atoms with Crippen molar-refractivity contribution in [2.75, 3.05) is 7.05 Å². The van der Waals surface area contributed by atoms with E-state index in [1.165, 1.54) is 12.1 Å². The third-order valence-corrected chi connectivity index (χ3v) is 3.12. The average Bonchev–Trinajstić information content (AvgIpc) is 2.89. The first kappa shape index (κ1) is 14.2. The third-order valence-electron chi connectivity index (χ3n) is 3.12. The molecular formula is C15H18FN3O. The van der Waals surface area contributed by atoms with Gasteiger partial charge in [0.15, 0.2) is 0 Å². The Morgan fingerprint density at radius 3 is 2.60 bits per heavy atom. The molecule has 1 amide bonds. The van der Waals surface area contributed by atoms with Crippen LogP contribution < -0.4 is 0 Å². The molecule has 0 fully saturated rings. The van der Waals surface area contributed by atoms with Gasteiger partial charge in [-0.05, 0) is 24.6 Å². The molecule has 0 aliphatic heterocycles. The molecule has 4 nitrogen and oxygen atoms in total. The summed E-state index contributed by atoms with van der Waals surface area (Å²) in [5, 5.41) is 4.18. The van der Waals surface area contributed by atoms with Gasteiger partial charge < -0.3 is 4.90 Å². The number of halogens is 1. The van der Waals surface area contributed by atoms with Gasteiger partial charge in [0, 0.05) is 31.9 Å². The van der Waals surface area contributed by atoms with E-state index in [4.69, 9.17) is 0 Å². The van der Waals surface area contributed by atoms with Crippen LogP contribution in [-0.2, 0) is 24.3 Å². The van der Waals surface area contributed by atoms with Crippen molar-refractivity contribution >= 4 is 5.91 Å². The van der Waals surface area contributed by atoms with E-state index in [-0.39, 0.29) is 18.1 Å². The van der Waals surface area contributed by atoms with Crippen molar-refractivity contribution in [3.05, 3.63) is 53.6 Å². The molecule has 0 saturated carbocycles. The maximum Gasteiger partial charge on any atom is 0.227 e. The lowest BCUT2D eigenvalue weighted by Gasteiger charge is -2.16. The van der Waals surface area contributed by atoms with Gasteiger partial charge in [0.05, 0.1) is 12.6 Å². The predicted octanol–water partition coefficient (Wildman–Crippen LogP) is 2.24. The van der Waals surface area contributed by atoms with Gasteiger partial charge in [-0.25, -0.2) is 4.39 Å². The molecule has 0 spiro atoms. The molecule has 2 rings (SSSR count). The second-order valence-electron chi connectivity index (χ2n) is 4.76. The molecule has 2 aromatic rings. The minimum absolute atomic E-state index is 0.000793. The summed E-state index contributed by atoms with van der Waals surface area (Å²) in [4.78, 5) is 13.7. The van der Waals surface area contributed by atoms with E-state index in [0.29, 0.717) is 6.54 Å². The zero-order chi connectivity index (χ0) is 14.5. The Kier molecular flexibility index (Phi) is 4.50. The number of aryl methyl sites for hydroxylation is 1. The highest BCUT2D eigenvalue weighted by molar-refractivity contribution is 5.78. The van der Waals surface area contributed by atoms with Gasteiger partial charge in [0.1, 0.15) is 5.82 Å². The van der Waals surface area contributed by atoms with E-state index in [2.05, 4.69) is 5.10 Å². The van der Waals surface area contributed by atoms with Gasteiger partial charge in [-0.3, -0.25) is 9.48 Å². The van der Waals surface area contributed by atoms with Crippen LogP contribution in [0.15, 0.2) is 36.7 Å². The zero-order valence-electron chi connectivity index (χ0n) is 11.7. The first-order chi connectivity index (χ1) is 9.58. The van der Waals surface area contributed by atoms with Crippen LogP contribution in [0, 0.1) is 5.82 Å². The number of aromatic nitrogens is 2. The molecule has 1 aromatic carbocycles. The Morgan fingerprint density at radius 2 is 2.00 bits per heavy atom. The summed E-state index contributed by atoms with van der Waals surface area (Å²) < 4.78 is 14.6. The Hall–Kier alpha value is -2.17. The van der Waals surface area contributed by atoms with Crippen molar-refractivity contribution in [3.63, 3.8) is 0 Å². The molecule has 106 valence electrons. The van der Waals surface area contributed by atoms with Gasteiger partial charge in [0.25, 0.3) is 0 Å². The smallest absolute Gasteiger partial charge is 0.227 e. The number of rotatable bonds is 5. The quantitative estimate of drug-likeness (QED) is 0.839. The van der Waals surface area contributed by atoms with Gasteiger partial charge >= 0.3 is 0 Å². The van der Waals surface area contributed by atoms with Gasteiger partial charge in [0.2, 0.25) is 5.91 Å². The number of benzene rings is 1. The summed E-state index contributed by atoms with van der Waals surface area (Å²) in [6.45, 7) is 3.35. The van der Waals surface area contributed by atoms with Gasteiger partial charge in [-0.1, -0.05) is 12.1 Å². The standard InChI is InChI=1S/C15H18FN3O/c1-3-19-11-13(9-17-19)10-18(2)15(20)8-12-4-6-14(16)7-5-12/h4-7,9,11H,3,8,10H2,1-2H3. The summed E-state index contributed by atoms with van der Waals surface area (Å²) in [6, 6.07) is 6.01. The molecular weight excluding hydrogens is 257 g/mol. The van der Waals surface area contributed by atoms with Crippen molar-refractivity contribution in [1.29, 1.82) is 0 Å². The van der Waals surface area contributed by atoms with Crippen LogP contribution in [-0.4, -0.2) is 27.6 Å². The van der Waals surface area contributed by atoms with Crippen molar-refractivity contribution in [1.82, 2.24) is 14.7 Å². The second kappa shape index (κ2) is 6.32. The molecule has 0 radical (unpaired) electrons. The van der Waals surface area contributed by atoms with Crippen molar-refractivity contribution < 1.29 is 9.18 Å². The van der Waals surface area contributed by atoms with E-state index >= 15 is 0 Å². The summed E-state index contributed by atoms with van der Waals surface area (Å²) in [7, 11) is 1.76. The minimum Gasteiger partial charge on any atom is -0.341 e. The highest BCUT2D eigenvalue weighted by Gasteiger charge is 2.11. The Labute approximate surface area is 117 Å². The van der Waals surface area contributed by atoms with Crippen LogP contribution in [0.5, 0.6) is 0 Å². The highest BCUT2D eigenvalue weighted by atomic mass is 19.1. The molecule has 0 atom stereocenters. The summed E-state index contributed by atoms with van der Waals surface area (Å²) in [5.74, 6) is -0.289. The van der Waals surface area contributed by atoms with E-state index in [9.17, 15) is 9.18 Å². The van der Waals surface area contributed by atoms with Crippen LogP contribution >= 0.6 is 0 Å². The molecule has 0 saturated heterocycles. The molecule has 1 heterocycles. The largest absolute Gasteiger partial charge is 0.341 e. The molecule has 0 aliphatic rings. The van der Waals surface area contributed by atoms with Gasteiger partial charge in [-0.2, -0.15) is 5.10 Å². The number of hydrogen-bond donors (Lipinski definition) is 0. The molecule has 1 aromatic heterocycles. The minimum atomic E-state index is -0.290. The Balaban J connectivity index is 1.93. The zero-order valence-corrected chi connectivity index (χ0v) is 11.7. The molecule has 0 aliphatic carbocycles. The van der Waals surface area contributed by atoms with Crippen molar-refractivity contribution in [2.45, 2.75) is 26.4 Å².